The third-order valence-electron chi connectivity index (χ3n) is 3.16. The fourth-order valence-electron chi connectivity index (χ4n) is 2.04. The van der Waals surface area contributed by atoms with Crippen molar-refractivity contribution in [3.05, 3.63) is 53.6 Å². The average Bonchev–Trinajstić information content (AvgIpc) is 2.51. The fourth-order valence-corrected chi connectivity index (χ4v) is 2.04. The van der Waals surface area contributed by atoms with E-state index >= 15 is 0 Å². The van der Waals surface area contributed by atoms with Gasteiger partial charge in [0.1, 0.15) is 5.75 Å². The Bertz CT molecular complexity index is 543. The van der Waals surface area contributed by atoms with Crippen LogP contribution in [0.3, 0.4) is 0 Å². The van der Waals surface area contributed by atoms with E-state index in [1.54, 1.807) is 0 Å². The molecule has 0 spiro atoms. The summed E-state index contributed by atoms with van der Waals surface area (Å²) in [5.41, 5.74) is 3.13. The van der Waals surface area contributed by atoms with Crippen molar-refractivity contribution in [2.24, 2.45) is 0 Å². The molecule has 112 valence electrons. The third kappa shape index (κ3) is 5.16. The second-order valence-electron chi connectivity index (χ2n) is 5.03. The maximum atomic E-state index is 5.93. The van der Waals surface area contributed by atoms with Crippen LogP contribution in [-0.4, -0.2) is 23.1 Å². The van der Waals surface area contributed by atoms with E-state index in [1.165, 1.54) is 0 Å². The van der Waals surface area contributed by atoms with E-state index in [0.717, 1.165) is 48.6 Å². The molecule has 0 aliphatic carbocycles. The topological polar surface area (TPSA) is 47.0 Å². The number of nitrogens with zero attached hydrogens (tertiary/aromatic N) is 2. The average molecular weight is 285 g/mol. The minimum Gasteiger partial charge on any atom is -0.493 e. The summed E-state index contributed by atoms with van der Waals surface area (Å²) in [4.78, 5) is 8.66. The molecule has 0 radical (unpaired) electrons. The Labute approximate surface area is 126 Å². The molecule has 0 saturated heterocycles. The maximum Gasteiger partial charge on any atom is 0.127 e. The number of hydrogen-bond donors (Lipinski definition) is 1. The first-order chi connectivity index (χ1) is 10.3. The Morgan fingerprint density at radius 3 is 2.90 bits per heavy atom. The van der Waals surface area contributed by atoms with Crippen molar-refractivity contribution >= 4 is 0 Å². The summed E-state index contributed by atoms with van der Waals surface area (Å²) in [5.74, 6) is 0.919. The highest BCUT2D eigenvalue weighted by Gasteiger charge is 2.05. The van der Waals surface area contributed by atoms with Crippen molar-refractivity contribution in [3.8, 4) is 5.75 Å². The number of pyridine rings is 2. The van der Waals surface area contributed by atoms with Crippen molar-refractivity contribution in [3.63, 3.8) is 0 Å². The lowest BCUT2D eigenvalue weighted by atomic mass is 10.2. The van der Waals surface area contributed by atoms with Crippen LogP contribution >= 0.6 is 0 Å². The molecule has 2 aromatic heterocycles. The molecule has 2 rings (SSSR count). The second kappa shape index (κ2) is 8.37. The third-order valence-corrected chi connectivity index (χ3v) is 3.16. The first-order valence-electron chi connectivity index (χ1n) is 7.48. The summed E-state index contributed by atoms with van der Waals surface area (Å²) < 4.78 is 5.93. The normalized spacial score (nSPS) is 10.6. The van der Waals surface area contributed by atoms with Gasteiger partial charge in [-0.25, -0.2) is 0 Å². The van der Waals surface area contributed by atoms with Gasteiger partial charge in [0.05, 0.1) is 6.61 Å². The van der Waals surface area contributed by atoms with Crippen LogP contribution in [0.4, 0.5) is 0 Å². The van der Waals surface area contributed by atoms with Crippen molar-refractivity contribution in [1.29, 1.82) is 0 Å². The largest absolute Gasteiger partial charge is 0.493 e. The lowest BCUT2D eigenvalue weighted by molar-refractivity contribution is 0.315. The number of nitrogens with one attached hydrogen (secondary N) is 1. The lowest BCUT2D eigenvalue weighted by Gasteiger charge is -2.12. The number of aryl methyl sites for hydroxylation is 1. The predicted octanol–water partition coefficient (Wildman–Crippen LogP) is 2.91. The molecule has 2 heterocycles. The molecule has 21 heavy (non-hydrogen) atoms. The molecule has 1 N–H and O–H groups in total. The van der Waals surface area contributed by atoms with Crippen LogP contribution in [0.2, 0.25) is 0 Å². The quantitative estimate of drug-likeness (QED) is 0.758. The molecule has 4 nitrogen and oxygen atoms in total. The van der Waals surface area contributed by atoms with Gasteiger partial charge < -0.3 is 10.1 Å². The summed E-state index contributed by atoms with van der Waals surface area (Å²) >= 11 is 0. The van der Waals surface area contributed by atoms with Gasteiger partial charge in [0.25, 0.3) is 0 Å². The van der Waals surface area contributed by atoms with E-state index < -0.39 is 0 Å². The molecule has 0 aliphatic heterocycles. The van der Waals surface area contributed by atoms with E-state index in [4.69, 9.17) is 4.74 Å². The summed E-state index contributed by atoms with van der Waals surface area (Å²) in [5, 5.41) is 3.39. The minimum absolute atomic E-state index is 0.626. The van der Waals surface area contributed by atoms with Gasteiger partial charge in [-0.3, -0.25) is 9.97 Å². The van der Waals surface area contributed by atoms with Crippen LogP contribution in [0.5, 0.6) is 5.75 Å². The van der Waals surface area contributed by atoms with Gasteiger partial charge in [0.15, 0.2) is 0 Å². The van der Waals surface area contributed by atoms with Crippen molar-refractivity contribution in [1.82, 2.24) is 15.3 Å². The number of aromatic nitrogens is 2. The summed E-state index contributed by atoms with van der Waals surface area (Å²) in [6.07, 6.45) is 5.64. The Balaban J connectivity index is 1.92. The number of ether oxygens (including phenoxy) is 1. The van der Waals surface area contributed by atoms with Crippen molar-refractivity contribution in [2.75, 3.05) is 13.2 Å². The van der Waals surface area contributed by atoms with Crippen LogP contribution in [0.1, 0.15) is 30.3 Å². The summed E-state index contributed by atoms with van der Waals surface area (Å²) in [7, 11) is 0. The lowest BCUT2D eigenvalue weighted by Crippen LogP contribution is -2.15. The van der Waals surface area contributed by atoms with Gasteiger partial charge >= 0.3 is 0 Å². The molecule has 0 amide bonds. The van der Waals surface area contributed by atoms with E-state index in [0.29, 0.717) is 6.61 Å². The summed E-state index contributed by atoms with van der Waals surface area (Å²) in [6, 6.07) is 7.94. The Morgan fingerprint density at radius 2 is 2.14 bits per heavy atom. The first kappa shape index (κ1) is 15.4. The zero-order valence-corrected chi connectivity index (χ0v) is 12.8. The number of hydrogen-bond acceptors (Lipinski definition) is 4. The molecule has 2 aromatic rings. The molecule has 0 unspecified atom stereocenters. The minimum atomic E-state index is 0.626. The van der Waals surface area contributed by atoms with Crippen LogP contribution in [0.15, 0.2) is 36.7 Å². The van der Waals surface area contributed by atoms with Gasteiger partial charge in [-0.1, -0.05) is 13.0 Å². The van der Waals surface area contributed by atoms with Gasteiger partial charge in [0, 0.05) is 48.4 Å². The Morgan fingerprint density at radius 1 is 1.24 bits per heavy atom. The van der Waals surface area contributed by atoms with Crippen molar-refractivity contribution in [2.45, 2.75) is 33.2 Å². The molecule has 4 heteroatoms. The Kier molecular flexibility index (Phi) is 6.16. The monoisotopic (exact) mass is 285 g/mol. The molecule has 0 fully saturated rings. The molecule has 0 saturated carbocycles. The van der Waals surface area contributed by atoms with Gasteiger partial charge in [0.2, 0.25) is 0 Å². The standard InChI is InChI=1S/C17H23N3O/c1-3-8-18-12-15-13-20-14(2)11-17(15)21-10-7-16-6-4-5-9-19-16/h4-6,9,11,13,18H,3,7-8,10,12H2,1-2H3. The molecular formula is C17H23N3O. The van der Waals surface area contributed by atoms with E-state index in [2.05, 4.69) is 22.2 Å². The Hall–Kier alpha value is -1.94. The molecule has 0 atom stereocenters. The summed E-state index contributed by atoms with van der Waals surface area (Å²) in [6.45, 7) is 6.56. The molecule has 0 aliphatic rings. The van der Waals surface area contributed by atoms with Gasteiger partial charge in [-0.2, -0.15) is 0 Å². The highest BCUT2D eigenvalue weighted by atomic mass is 16.5. The molecule has 0 bridgehead atoms. The van der Waals surface area contributed by atoms with E-state index in [-0.39, 0.29) is 0 Å². The van der Waals surface area contributed by atoms with E-state index in [9.17, 15) is 0 Å². The van der Waals surface area contributed by atoms with Crippen molar-refractivity contribution < 1.29 is 4.74 Å². The van der Waals surface area contributed by atoms with Crippen LogP contribution < -0.4 is 10.1 Å². The van der Waals surface area contributed by atoms with Gasteiger partial charge in [-0.05, 0) is 32.0 Å². The van der Waals surface area contributed by atoms with Crippen LogP contribution in [0, 0.1) is 6.92 Å². The predicted molar refractivity (Wildman–Crippen MR) is 84.4 cm³/mol. The SMILES string of the molecule is CCCNCc1cnc(C)cc1OCCc1ccccn1. The van der Waals surface area contributed by atoms with Crippen LogP contribution in [-0.2, 0) is 13.0 Å². The van der Waals surface area contributed by atoms with Crippen LogP contribution in [0.25, 0.3) is 0 Å². The fraction of sp³-hybridized carbons (Fsp3) is 0.412. The highest BCUT2D eigenvalue weighted by Crippen LogP contribution is 2.18. The zero-order chi connectivity index (χ0) is 14.9. The first-order valence-corrected chi connectivity index (χ1v) is 7.48. The molecular weight excluding hydrogens is 262 g/mol. The second-order valence-corrected chi connectivity index (χ2v) is 5.03. The maximum absolute atomic E-state index is 5.93. The molecule has 0 aromatic carbocycles. The van der Waals surface area contributed by atoms with Gasteiger partial charge in [-0.15, -0.1) is 0 Å². The highest BCUT2D eigenvalue weighted by molar-refractivity contribution is 5.32. The van der Waals surface area contributed by atoms with E-state index in [1.807, 2.05) is 43.6 Å². The smallest absolute Gasteiger partial charge is 0.127 e. The number of rotatable bonds is 8. The zero-order valence-electron chi connectivity index (χ0n) is 12.8.